The van der Waals surface area contributed by atoms with E-state index in [0.717, 1.165) is 24.3 Å². The summed E-state index contributed by atoms with van der Waals surface area (Å²) in [6.07, 6.45) is -7.98. The molecule has 2 rings (SSSR count). The van der Waals surface area contributed by atoms with E-state index < -0.39 is 28.9 Å². The molecule has 0 heterocycles. The van der Waals surface area contributed by atoms with Crippen molar-refractivity contribution in [2.24, 2.45) is 0 Å². The van der Waals surface area contributed by atoms with E-state index in [0.29, 0.717) is 22.3 Å². The first-order valence-corrected chi connectivity index (χ1v) is 8.95. The second-order valence-corrected chi connectivity index (χ2v) is 7.01. The van der Waals surface area contributed by atoms with Crippen LogP contribution in [0, 0.1) is 13.8 Å². The number of hydrogen-bond acceptors (Lipinski definition) is 0. The number of halogens is 6. The van der Waals surface area contributed by atoms with Crippen LogP contribution in [0.4, 0.5) is 26.3 Å². The number of aryl methyl sites for hydroxylation is 2. The van der Waals surface area contributed by atoms with E-state index in [2.05, 4.69) is 13.2 Å². The molecule has 0 aliphatic heterocycles. The molecule has 0 bridgehead atoms. The van der Waals surface area contributed by atoms with Crippen molar-refractivity contribution in [2.45, 2.75) is 44.5 Å². The van der Waals surface area contributed by atoms with E-state index in [-0.39, 0.29) is 12.8 Å². The Morgan fingerprint density at radius 2 is 1.03 bits per heavy atom. The number of alkyl halides is 6. The zero-order valence-electron chi connectivity index (χ0n) is 16.2. The molecule has 0 fully saturated rings. The van der Waals surface area contributed by atoms with E-state index in [4.69, 9.17) is 0 Å². The second-order valence-electron chi connectivity index (χ2n) is 7.01. The Labute approximate surface area is 166 Å². The van der Waals surface area contributed by atoms with Crippen LogP contribution in [0.25, 0.3) is 0 Å². The molecule has 0 nitrogen and oxygen atoms in total. The van der Waals surface area contributed by atoms with Gasteiger partial charge in [0.15, 0.2) is 0 Å². The molecule has 2 aromatic rings. The van der Waals surface area contributed by atoms with Crippen LogP contribution in [0.2, 0.25) is 0 Å². The van der Waals surface area contributed by atoms with Gasteiger partial charge >= 0.3 is 12.4 Å². The van der Waals surface area contributed by atoms with Gasteiger partial charge in [0, 0.05) is 0 Å². The summed E-state index contributed by atoms with van der Waals surface area (Å²) < 4.78 is 85.9. The number of allylic oxidation sites excluding steroid dienone is 2. The molecule has 0 radical (unpaired) electrons. The average Bonchev–Trinajstić information content (AvgIpc) is 2.59. The van der Waals surface area contributed by atoms with E-state index in [1.54, 1.807) is 13.8 Å². The molecule has 156 valence electrons. The van der Waals surface area contributed by atoms with Gasteiger partial charge in [0.2, 0.25) is 5.41 Å². The van der Waals surface area contributed by atoms with Gasteiger partial charge < -0.3 is 0 Å². The minimum atomic E-state index is -5.60. The summed E-state index contributed by atoms with van der Waals surface area (Å²) in [6, 6.07) is 6.39. The Kier molecular flexibility index (Phi) is 6.36. The normalized spacial score (nSPS) is 12.7. The topological polar surface area (TPSA) is 0 Å². The molecule has 0 spiro atoms. The van der Waals surface area contributed by atoms with Crippen LogP contribution in [0.3, 0.4) is 0 Å². The fraction of sp³-hybridized carbons (Fsp3) is 0.304. The van der Waals surface area contributed by atoms with E-state index in [1.807, 2.05) is 0 Å². The molecule has 6 heteroatoms. The smallest absolute Gasteiger partial charge is 0.169 e. The van der Waals surface area contributed by atoms with Crippen LogP contribution in [0.5, 0.6) is 0 Å². The van der Waals surface area contributed by atoms with Crippen LogP contribution >= 0.6 is 0 Å². The van der Waals surface area contributed by atoms with Gasteiger partial charge in [-0.2, -0.15) is 26.3 Å². The Morgan fingerprint density at radius 1 is 0.690 bits per heavy atom. The zero-order valence-corrected chi connectivity index (χ0v) is 16.2. The SMILES string of the molecule is C=CCc1cc(C(c2ccc(C)c(CC=C)c2)(C(F)(F)F)C(F)(F)F)ccc1C. The molecule has 0 unspecified atom stereocenters. The third-order valence-electron chi connectivity index (χ3n) is 5.14. The second kappa shape index (κ2) is 8.09. The molecular weight excluding hydrogens is 390 g/mol. The Hall–Kier alpha value is -2.50. The first-order valence-electron chi connectivity index (χ1n) is 8.95. The van der Waals surface area contributed by atoms with Crippen LogP contribution in [-0.4, -0.2) is 12.4 Å². The lowest BCUT2D eigenvalue weighted by atomic mass is 9.71. The number of benzene rings is 2. The van der Waals surface area contributed by atoms with Crippen molar-refractivity contribution < 1.29 is 26.3 Å². The summed E-state index contributed by atoms with van der Waals surface area (Å²) in [5.74, 6) is 0. The van der Waals surface area contributed by atoms with Crippen molar-refractivity contribution in [2.75, 3.05) is 0 Å². The monoisotopic (exact) mass is 412 g/mol. The fourth-order valence-electron chi connectivity index (χ4n) is 3.54. The molecule has 0 atom stereocenters. The van der Waals surface area contributed by atoms with Crippen molar-refractivity contribution in [3.8, 4) is 0 Å². The zero-order chi connectivity index (χ0) is 22.0. The average molecular weight is 412 g/mol. The largest absolute Gasteiger partial charge is 0.411 e. The molecule has 0 N–H and O–H groups in total. The van der Waals surface area contributed by atoms with E-state index in [9.17, 15) is 26.3 Å². The third kappa shape index (κ3) is 3.98. The highest BCUT2D eigenvalue weighted by Crippen LogP contribution is 2.56. The molecule has 0 aliphatic carbocycles. The molecule has 0 aliphatic rings. The molecule has 2 aromatic carbocycles. The van der Waals surface area contributed by atoms with Gasteiger partial charge in [-0.05, 0) is 60.1 Å². The highest BCUT2D eigenvalue weighted by Gasteiger charge is 2.72. The molecule has 0 amide bonds. The van der Waals surface area contributed by atoms with E-state index in [1.165, 1.54) is 24.3 Å². The summed E-state index contributed by atoms with van der Waals surface area (Å²) >= 11 is 0. The third-order valence-corrected chi connectivity index (χ3v) is 5.14. The van der Waals surface area contributed by atoms with Gasteiger partial charge in [0.1, 0.15) is 0 Å². The maximum absolute atomic E-state index is 14.3. The van der Waals surface area contributed by atoms with Gasteiger partial charge in [-0.15, -0.1) is 13.2 Å². The molecule has 0 saturated heterocycles. The lowest BCUT2D eigenvalue weighted by Crippen LogP contribution is -2.54. The lowest BCUT2D eigenvalue weighted by molar-refractivity contribution is -0.288. The van der Waals surface area contributed by atoms with Crippen molar-refractivity contribution in [3.63, 3.8) is 0 Å². The number of hydrogen-bond donors (Lipinski definition) is 0. The van der Waals surface area contributed by atoms with Gasteiger partial charge in [-0.1, -0.05) is 48.6 Å². The highest BCUT2D eigenvalue weighted by molar-refractivity contribution is 5.49. The summed E-state index contributed by atoms with van der Waals surface area (Å²) in [6.45, 7) is 10.3. The highest BCUT2D eigenvalue weighted by atomic mass is 19.4. The van der Waals surface area contributed by atoms with Gasteiger partial charge in [-0.25, -0.2) is 0 Å². The molecular formula is C23H22F6. The van der Waals surface area contributed by atoms with Gasteiger partial charge in [-0.3, -0.25) is 0 Å². The molecule has 0 aromatic heterocycles. The standard InChI is InChI=1S/C23H22F6/c1-5-7-17-13-19(11-9-15(17)3)21(22(24,25)26,23(27,28)29)20-12-10-16(4)18(14-20)8-6-2/h5-6,9-14H,1-2,7-8H2,3-4H3. The first kappa shape index (κ1) is 22.8. The summed E-state index contributed by atoms with van der Waals surface area (Å²) in [7, 11) is 0. The van der Waals surface area contributed by atoms with Gasteiger partial charge in [0.25, 0.3) is 0 Å². The van der Waals surface area contributed by atoms with Crippen molar-refractivity contribution in [1.82, 2.24) is 0 Å². The minimum absolute atomic E-state index is 0.168. The first-order chi connectivity index (χ1) is 13.4. The van der Waals surface area contributed by atoms with Crippen LogP contribution < -0.4 is 0 Å². The summed E-state index contributed by atoms with van der Waals surface area (Å²) in [5.41, 5.74) is -3.91. The summed E-state index contributed by atoms with van der Waals surface area (Å²) in [5, 5.41) is 0. The van der Waals surface area contributed by atoms with Crippen LogP contribution in [-0.2, 0) is 18.3 Å². The minimum Gasteiger partial charge on any atom is -0.169 e. The van der Waals surface area contributed by atoms with Crippen molar-refractivity contribution >= 4 is 0 Å². The van der Waals surface area contributed by atoms with Gasteiger partial charge in [0.05, 0.1) is 0 Å². The fourth-order valence-corrected chi connectivity index (χ4v) is 3.54. The molecule has 29 heavy (non-hydrogen) atoms. The predicted molar refractivity (Wildman–Crippen MR) is 103 cm³/mol. The van der Waals surface area contributed by atoms with Crippen LogP contribution in [0.15, 0.2) is 61.7 Å². The quantitative estimate of drug-likeness (QED) is 0.348. The maximum Gasteiger partial charge on any atom is 0.411 e. The Morgan fingerprint density at radius 3 is 1.31 bits per heavy atom. The van der Waals surface area contributed by atoms with E-state index >= 15 is 0 Å². The number of rotatable bonds is 6. The Bertz CT molecular complexity index is 827. The lowest BCUT2D eigenvalue weighted by Gasteiger charge is -2.39. The maximum atomic E-state index is 14.3. The summed E-state index contributed by atoms with van der Waals surface area (Å²) in [4.78, 5) is 0. The predicted octanol–water partition coefficient (Wildman–Crippen LogP) is 7.17. The van der Waals surface area contributed by atoms with Crippen molar-refractivity contribution in [3.05, 3.63) is 95.1 Å². The van der Waals surface area contributed by atoms with Crippen molar-refractivity contribution in [1.29, 1.82) is 0 Å². The Balaban J connectivity index is 2.95. The molecule has 0 saturated carbocycles. The van der Waals surface area contributed by atoms with Crippen LogP contribution in [0.1, 0.15) is 33.4 Å².